The number of nitrogens with one attached hydrogen (secondary N) is 1. The lowest BCUT2D eigenvalue weighted by Crippen LogP contribution is -2.61. The first-order valence-corrected chi connectivity index (χ1v) is 6.79. The quantitative estimate of drug-likeness (QED) is 0.820. The van der Waals surface area contributed by atoms with Gasteiger partial charge in [0, 0.05) is 13.1 Å². The van der Waals surface area contributed by atoms with Gasteiger partial charge in [0.2, 0.25) is 5.91 Å². The Morgan fingerprint density at radius 1 is 1.24 bits per heavy atom. The molecule has 2 rings (SSSR count). The third kappa shape index (κ3) is 2.31. The lowest BCUT2D eigenvalue weighted by Gasteiger charge is -2.43. The predicted molar refractivity (Wildman–Crippen MR) is 65.5 cm³/mol. The van der Waals surface area contributed by atoms with Gasteiger partial charge < -0.3 is 5.32 Å². The summed E-state index contributed by atoms with van der Waals surface area (Å²) in [6.45, 7) is 3.19. The first-order valence-electron chi connectivity index (χ1n) is 6.79. The fourth-order valence-electron chi connectivity index (χ4n) is 2.93. The SMILES string of the molecule is CCCCN1C(=O)NCC2(CCCCC2)C1=O. The lowest BCUT2D eigenvalue weighted by atomic mass is 9.72. The zero-order valence-electron chi connectivity index (χ0n) is 10.6. The standard InChI is InChI=1S/C13H22N2O2/c1-2-3-9-15-11(16)13(10-14-12(15)17)7-5-4-6-8-13/h2-10H2,1H3,(H,14,17). The van der Waals surface area contributed by atoms with E-state index in [0.717, 1.165) is 38.5 Å². The summed E-state index contributed by atoms with van der Waals surface area (Å²) in [6.07, 6.45) is 7.23. The van der Waals surface area contributed by atoms with Crippen molar-refractivity contribution in [3.05, 3.63) is 0 Å². The molecule has 1 aliphatic heterocycles. The molecule has 1 saturated carbocycles. The molecule has 96 valence electrons. The van der Waals surface area contributed by atoms with Crippen molar-refractivity contribution in [3.63, 3.8) is 0 Å². The number of imide groups is 1. The summed E-state index contributed by atoms with van der Waals surface area (Å²) in [5, 5.41) is 2.90. The molecule has 1 N–H and O–H groups in total. The second kappa shape index (κ2) is 5.07. The van der Waals surface area contributed by atoms with Gasteiger partial charge in [0.1, 0.15) is 0 Å². The van der Waals surface area contributed by atoms with E-state index >= 15 is 0 Å². The smallest absolute Gasteiger partial charge is 0.324 e. The molecule has 0 aromatic carbocycles. The third-order valence-electron chi connectivity index (χ3n) is 4.07. The summed E-state index contributed by atoms with van der Waals surface area (Å²) in [6, 6.07) is -0.195. The highest BCUT2D eigenvalue weighted by Crippen LogP contribution is 2.39. The Morgan fingerprint density at radius 2 is 1.94 bits per heavy atom. The van der Waals surface area contributed by atoms with Crippen LogP contribution in [0.1, 0.15) is 51.9 Å². The minimum absolute atomic E-state index is 0.0781. The van der Waals surface area contributed by atoms with E-state index in [2.05, 4.69) is 12.2 Å². The fraction of sp³-hybridized carbons (Fsp3) is 0.846. The minimum atomic E-state index is -0.278. The van der Waals surface area contributed by atoms with Crippen LogP contribution in [0.2, 0.25) is 0 Å². The highest BCUT2D eigenvalue weighted by Gasteiger charge is 2.46. The Kier molecular flexibility index (Phi) is 3.69. The van der Waals surface area contributed by atoms with Gasteiger partial charge in [-0.3, -0.25) is 9.69 Å². The Morgan fingerprint density at radius 3 is 2.59 bits per heavy atom. The summed E-state index contributed by atoms with van der Waals surface area (Å²) >= 11 is 0. The van der Waals surface area contributed by atoms with Gasteiger partial charge >= 0.3 is 6.03 Å². The molecule has 4 nitrogen and oxygen atoms in total. The van der Waals surface area contributed by atoms with Gasteiger partial charge in [-0.2, -0.15) is 0 Å². The molecule has 17 heavy (non-hydrogen) atoms. The van der Waals surface area contributed by atoms with E-state index < -0.39 is 0 Å². The van der Waals surface area contributed by atoms with Crippen LogP contribution in [-0.4, -0.2) is 29.9 Å². The predicted octanol–water partition coefficient (Wildman–Crippen LogP) is 2.29. The molecule has 1 heterocycles. The molecule has 0 aromatic rings. The molecule has 4 heteroatoms. The Hall–Kier alpha value is -1.06. The number of amides is 3. The zero-order chi connectivity index (χ0) is 12.3. The number of hydrogen-bond donors (Lipinski definition) is 1. The number of hydrogen-bond acceptors (Lipinski definition) is 2. The largest absolute Gasteiger partial charge is 0.337 e. The van der Waals surface area contributed by atoms with Gasteiger partial charge in [0.15, 0.2) is 0 Å². The molecule has 2 fully saturated rings. The Bertz CT molecular complexity index is 309. The Labute approximate surface area is 103 Å². The molecule has 2 aliphatic rings. The summed E-state index contributed by atoms with van der Waals surface area (Å²) in [4.78, 5) is 25.7. The second-order valence-corrected chi connectivity index (χ2v) is 5.31. The lowest BCUT2D eigenvalue weighted by molar-refractivity contribution is -0.142. The number of carbonyl (C=O) groups is 2. The molecule has 3 amide bonds. The van der Waals surface area contributed by atoms with Crippen molar-refractivity contribution in [2.45, 2.75) is 51.9 Å². The van der Waals surface area contributed by atoms with Crippen LogP contribution in [0.25, 0.3) is 0 Å². The summed E-state index contributed by atoms with van der Waals surface area (Å²) in [7, 11) is 0. The van der Waals surface area contributed by atoms with Crippen LogP contribution in [0.15, 0.2) is 0 Å². The second-order valence-electron chi connectivity index (χ2n) is 5.31. The van der Waals surface area contributed by atoms with Crippen LogP contribution in [0.5, 0.6) is 0 Å². The van der Waals surface area contributed by atoms with Crippen molar-refractivity contribution >= 4 is 11.9 Å². The van der Waals surface area contributed by atoms with E-state index in [1.54, 1.807) is 0 Å². The van der Waals surface area contributed by atoms with E-state index in [1.807, 2.05) is 0 Å². The van der Waals surface area contributed by atoms with Crippen molar-refractivity contribution < 1.29 is 9.59 Å². The van der Waals surface area contributed by atoms with Gasteiger partial charge in [-0.25, -0.2) is 4.79 Å². The van der Waals surface area contributed by atoms with Crippen molar-refractivity contribution in [1.82, 2.24) is 10.2 Å². The van der Waals surface area contributed by atoms with Gasteiger partial charge in [-0.1, -0.05) is 32.6 Å². The van der Waals surface area contributed by atoms with Crippen LogP contribution >= 0.6 is 0 Å². The van der Waals surface area contributed by atoms with Crippen LogP contribution in [0, 0.1) is 5.41 Å². The van der Waals surface area contributed by atoms with Gasteiger partial charge in [0.25, 0.3) is 0 Å². The molecule has 0 bridgehead atoms. The van der Waals surface area contributed by atoms with E-state index in [0.29, 0.717) is 13.1 Å². The van der Waals surface area contributed by atoms with E-state index in [-0.39, 0.29) is 17.4 Å². The van der Waals surface area contributed by atoms with E-state index in [4.69, 9.17) is 0 Å². The number of unbranched alkanes of at least 4 members (excludes halogenated alkanes) is 1. The molecule has 0 unspecified atom stereocenters. The molecule has 0 atom stereocenters. The van der Waals surface area contributed by atoms with Gasteiger partial charge in [-0.15, -0.1) is 0 Å². The summed E-state index contributed by atoms with van der Waals surface area (Å²) in [5.41, 5.74) is -0.278. The molecule has 1 aliphatic carbocycles. The monoisotopic (exact) mass is 238 g/mol. The van der Waals surface area contributed by atoms with Crippen molar-refractivity contribution in [3.8, 4) is 0 Å². The fourth-order valence-corrected chi connectivity index (χ4v) is 2.93. The minimum Gasteiger partial charge on any atom is -0.337 e. The highest BCUT2D eigenvalue weighted by molar-refractivity contribution is 6.00. The Balaban J connectivity index is 2.10. The summed E-state index contributed by atoms with van der Waals surface area (Å²) in [5.74, 6) is 0.0781. The van der Waals surface area contributed by atoms with Crippen LogP contribution in [0.4, 0.5) is 4.79 Å². The molecular weight excluding hydrogens is 216 g/mol. The van der Waals surface area contributed by atoms with Crippen LogP contribution in [-0.2, 0) is 4.79 Å². The van der Waals surface area contributed by atoms with Crippen molar-refractivity contribution in [2.24, 2.45) is 5.41 Å². The maximum Gasteiger partial charge on any atom is 0.324 e. The average Bonchev–Trinajstić information content (AvgIpc) is 2.36. The first kappa shape index (κ1) is 12.4. The van der Waals surface area contributed by atoms with Crippen LogP contribution in [0.3, 0.4) is 0 Å². The van der Waals surface area contributed by atoms with Gasteiger partial charge in [-0.05, 0) is 19.3 Å². The maximum absolute atomic E-state index is 12.5. The van der Waals surface area contributed by atoms with E-state index in [1.165, 1.54) is 11.3 Å². The number of nitrogens with zero attached hydrogens (tertiary/aromatic N) is 1. The maximum atomic E-state index is 12.5. The zero-order valence-corrected chi connectivity index (χ0v) is 10.6. The normalized spacial score (nSPS) is 23.9. The molecule has 1 spiro atoms. The molecule has 0 aromatic heterocycles. The number of urea groups is 1. The average molecular weight is 238 g/mol. The van der Waals surface area contributed by atoms with E-state index in [9.17, 15) is 9.59 Å². The molecule has 1 saturated heterocycles. The van der Waals surface area contributed by atoms with Gasteiger partial charge in [0.05, 0.1) is 5.41 Å². The topological polar surface area (TPSA) is 49.4 Å². The summed E-state index contributed by atoms with van der Waals surface area (Å²) < 4.78 is 0. The first-order chi connectivity index (χ1) is 8.19. The van der Waals surface area contributed by atoms with Crippen molar-refractivity contribution in [1.29, 1.82) is 0 Å². The third-order valence-corrected chi connectivity index (χ3v) is 4.07. The van der Waals surface area contributed by atoms with Crippen LogP contribution < -0.4 is 5.32 Å². The molecular formula is C13H22N2O2. The highest BCUT2D eigenvalue weighted by atomic mass is 16.2. The molecule has 0 radical (unpaired) electrons. The van der Waals surface area contributed by atoms with Crippen molar-refractivity contribution in [2.75, 3.05) is 13.1 Å². The number of carbonyl (C=O) groups excluding carboxylic acids is 2. The number of rotatable bonds is 3.